The van der Waals surface area contributed by atoms with Crippen LogP contribution in [0.25, 0.3) is 15.9 Å². The molecule has 4 rings (SSSR count). The average molecular weight is 391 g/mol. The molecule has 0 atom stereocenters. The van der Waals surface area contributed by atoms with Crippen molar-refractivity contribution in [2.45, 2.75) is 20.4 Å². The van der Waals surface area contributed by atoms with E-state index in [0.717, 1.165) is 32.9 Å². The van der Waals surface area contributed by atoms with Crippen LogP contribution in [0.5, 0.6) is 5.75 Å². The fraction of sp³-hybridized carbons (Fsp3) is 0.182. The molecule has 6 heteroatoms. The summed E-state index contributed by atoms with van der Waals surface area (Å²) in [7, 11) is 0. The van der Waals surface area contributed by atoms with Crippen molar-refractivity contribution in [3.05, 3.63) is 76.8 Å². The van der Waals surface area contributed by atoms with Crippen LogP contribution in [-0.4, -0.2) is 22.3 Å². The smallest absolute Gasteiger partial charge is 0.261 e. The maximum absolute atomic E-state index is 12.7. The van der Waals surface area contributed by atoms with Gasteiger partial charge in [-0.1, -0.05) is 30.3 Å². The highest BCUT2D eigenvalue weighted by atomic mass is 32.1. The van der Waals surface area contributed by atoms with Crippen LogP contribution in [-0.2, 0) is 6.54 Å². The summed E-state index contributed by atoms with van der Waals surface area (Å²) in [5.41, 5.74) is 2.94. The Morgan fingerprint density at radius 1 is 1.14 bits per heavy atom. The number of hydrogen-bond donors (Lipinski definition) is 1. The number of rotatable bonds is 6. The van der Waals surface area contributed by atoms with Crippen LogP contribution in [0.1, 0.15) is 27.9 Å². The van der Waals surface area contributed by atoms with Crippen LogP contribution in [0.3, 0.4) is 0 Å². The molecule has 4 aromatic rings. The highest BCUT2D eigenvalue weighted by Crippen LogP contribution is 2.30. The molecule has 0 fully saturated rings. The van der Waals surface area contributed by atoms with Crippen LogP contribution in [0, 0.1) is 6.92 Å². The molecule has 28 heavy (non-hydrogen) atoms. The van der Waals surface area contributed by atoms with Gasteiger partial charge < -0.3 is 10.1 Å². The van der Waals surface area contributed by atoms with E-state index in [0.29, 0.717) is 18.0 Å². The molecule has 0 radical (unpaired) electrons. The van der Waals surface area contributed by atoms with Gasteiger partial charge in [-0.25, -0.2) is 4.68 Å². The number of para-hydroxylation sites is 1. The predicted octanol–water partition coefficient (Wildman–Crippen LogP) is 4.72. The minimum atomic E-state index is -0.0749. The van der Waals surface area contributed by atoms with Crippen molar-refractivity contribution in [1.82, 2.24) is 15.1 Å². The normalized spacial score (nSPS) is 10.9. The van der Waals surface area contributed by atoms with Crippen molar-refractivity contribution >= 4 is 27.5 Å². The zero-order chi connectivity index (χ0) is 19.5. The Kier molecular flexibility index (Phi) is 5.12. The lowest BCUT2D eigenvalue weighted by atomic mass is 10.2. The SMILES string of the molecule is CCOc1ccc(CNC(=O)c2cc3c(C)nn(-c4ccccc4)c3s2)cc1. The van der Waals surface area contributed by atoms with Gasteiger partial charge in [0.1, 0.15) is 10.6 Å². The molecular formula is C22H21N3O2S. The predicted molar refractivity (Wildman–Crippen MR) is 112 cm³/mol. The maximum Gasteiger partial charge on any atom is 0.261 e. The number of nitrogens with zero attached hydrogens (tertiary/aromatic N) is 2. The number of carbonyl (C=O) groups is 1. The van der Waals surface area contributed by atoms with Crippen LogP contribution >= 0.6 is 11.3 Å². The summed E-state index contributed by atoms with van der Waals surface area (Å²) in [4.78, 5) is 14.3. The van der Waals surface area contributed by atoms with E-state index in [1.54, 1.807) is 0 Å². The molecule has 2 aromatic carbocycles. The van der Waals surface area contributed by atoms with Crippen molar-refractivity contribution < 1.29 is 9.53 Å². The van der Waals surface area contributed by atoms with Crippen LogP contribution in [0.4, 0.5) is 0 Å². The van der Waals surface area contributed by atoms with Gasteiger partial charge in [-0.2, -0.15) is 5.10 Å². The Hall–Kier alpha value is -3.12. The fourth-order valence-electron chi connectivity index (χ4n) is 3.04. The molecule has 0 bridgehead atoms. The molecule has 5 nitrogen and oxygen atoms in total. The number of hydrogen-bond acceptors (Lipinski definition) is 4. The van der Waals surface area contributed by atoms with Gasteiger partial charge in [0.2, 0.25) is 0 Å². The Bertz CT molecular complexity index is 1100. The molecule has 142 valence electrons. The molecule has 0 aliphatic heterocycles. The number of benzene rings is 2. The first-order chi connectivity index (χ1) is 13.7. The van der Waals surface area contributed by atoms with Crippen molar-refractivity contribution in [2.75, 3.05) is 6.61 Å². The van der Waals surface area contributed by atoms with E-state index >= 15 is 0 Å². The molecular weight excluding hydrogens is 370 g/mol. The quantitative estimate of drug-likeness (QED) is 0.517. The molecule has 0 saturated carbocycles. The fourth-order valence-corrected chi connectivity index (χ4v) is 4.14. The topological polar surface area (TPSA) is 56.1 Å². The third-order valence-corrected chi connectivity index (χ3v) is 5.57. The maximum atomic E-state index is 12.7. The molecule has 0 unspecified atom stereocenters. The number of carbonyl (C=O) groups excluding carboxylic acids is 1. The van der Waals surface area contributed by atoms with E-state index in [1.165, 1.54) is 11.3 Å². The lowest BCUT2D eigenvalue weighted by Crippen LogP contribution is -2.21. The molecule has 0 aliphatic carbocycles. The summed E-state index contributed by atoms with van der Waals surface area (Å²) in [5.74, 6) is 0.761. The second-order valence-corrected chi connectivity index (χ2v) is 7.45. The minimum Gasteiger partial charge on any atom is -0.494 e. The lowest BCUT2D eigenvalue weighted by Gasteiger charge is -2.06. The standard InChI is InChI=1S/C22H21N3O2S/c1-3-27-18-11-9-16(10-12-18)14-23-21(26)20-13-19-15(2)24-25(22(19)28-20)17-7-5-4-6-8-17/h4-13H,3,14H2,1-2H3,(H,23,26). The van der Waals surface area contributed by atoms with Gasteiger partial charge in [-0.15, -0.1) is 11.3 Å². The summed E-state index contributed by atoms with van der Waals surface area (Å²) in [6.45, 7) is 5.04. The molecule has 1 amide bonds. The van der Waals surface area contributed by atoms with Crippen LogP contribution in [0.15, 0.2) is 60.7 Å². The average Bonchev–Trinajstić information content (AvgIpc) is 3.29. The van der Waals surface area contributed by atoms with Gasteiger partial charge in [0, 0.05) is 11.9 Å². The van der Waals surface area contributed by atoms with Gasteiger partial charge in [0.05, 0.1) is 22.9 Å². The van der Waals surface area contributed by atoms with Gasteiger partial charge in [0.25, 0.3) is 5.91 Å². The summed E-state index contributed by atoms with van der Waals surface area (Å²) in [5, 5.41) is 8.63. The van der Waals surface area contributed by atoms with E-state index in [1.807, 2.05) is 79.2 Å². The highest BCUT2D eigenvalue weighted by molar-refractivity contribution is 7.20. The van der Waals surface area contributed by atoms with Gasteiger partial charge in [0.15, 0.2) is 0 Å². The van der Waals surface area contributed by atoms with E-state index in [-0.39, 0.29) is 5.91 Å². The first-order valence-corrected chi connectivity index (χ1v) is 10.0. The number of thiophene rings is 1. The minimum absolute atomic E-state index is 0.0749. The third kappa shape index (κ3) is 3.64. The van der Waals surface area contributed by atoms with Gasteiger partial charge >= 0.3 is 0 Å². The van der Waals surface area contributed by atoms with Crippen molar-refractivity contribution in [1.29, 1.82) is 0 Å². The summed E-state index contributed by atoms with van der Waals surface area (Å²) >= 11 is 1.46. The molecule has 0 aliphatic rings. The Morgan fingerprint density at radius 2 is 1.89 bits per heavy atom. The first-order valence-electron chi connectivity index (χ1n) is 9.20. The van der Waals surface area contributed by atoms with Crippen LogP contribution in [0.2, 0.25) is 0 Å². The van der Waals surface area contributed by atoms with Gasteiger partial charge in [-0.05, 0) is 49.7 Å². The Balaban J connectivity index is 1.52. The number of aryl methyl sites for hydroxylation is 1. The monoisotopic (exact) mass is 391 g/mol. The van der Waals surface area contributed by atoms with E-state index < -0.39 is 0 Å². The molecule has 0 spiro atoms. The summed E-state index contributed by atoms with van der Waals surface area (Å²) in [6, 6.07) is 19.7. The second kappa shape index (κ2) is 7.86. The van der Waals surface area contributed by atoms with Gasteiger partial charge in [-0.3, -0.25) is 4.79 Å². The number of ether oxygens (including phenoxy) is 1. The van der Waals surface area contributed by atoms with E-state index in [9.17, 15) is 4.79 Å². The summed E-state index contributed by atoms with van der Waals surface area (Å²) in [6.07, 6.45) is 0. The largest absolute Gasteiger partial charge is 0.494 e. The van der Waals surface area contributed by atoms with Crippen LogP contribution < -0.4 is 10.1 Å². The number of fused-ring (bicyclic) bond motifs is 1. The van der Waals surface area contributed by atoms with Crippen molar-refractivity contribution in [3.63, 3.8) is 0 Å². The Labute approximate surface area is 167 Å². The number of aromatic nitrogens is 2. The van der Waals surface area contributed by atoms with E-state index in [4.69, 9.17) is 4.74 Å². The lowest BCUT2D eigenvalue weighted by molar-refractivity contribution is 0.0955. The number of nitrogens with one attached hydrogen (secondary N) is 1. The third-order valence-electron chi connectivity index (χ3n) is 4.46. The highest BCUT2D eigenvalue weighted by Gasteiger charge is 2.17. The zero-order valence-electron chi connectivity index (χ0n) is 15.8. The zero-order valence-corrected chi connectivity index (χ0v) is 16.6. The molecule has 2 aromatic heterocycles. The molecule has 0 saturated heterocycles. The molecule has 2 heterocycles. The molecule has 1 N–H and O–H groups in total. The first kappa shape index (κ1) is 18.3. The van der Waals surface area contributed by atoms with Crippen molar-refractivity contribution in [2.24, 2.45) is 0 Å². The summed E-state index contributed by atoms with van der Waals surface area (Å²) < 4.78 is 7.35. The second-order valence-electron chi connectivity index (χ2n) is 6.42. The Morgan fingerprint density at radius 3 is 2.61 bits per heavy atom. The van der Waals surface area contributed by atoms with E-state index in [2.05, 4.69) is 10.4 Å². The number of amides is 1. The van der Waals surface area contributed by atoms with Crippen molar-refractivity contribution in [3.8, 4) is 11.4 Å².